The molecule has 1 amide bonds. The number of nitrogens with one attached hydrogen (secondary N) is 1. The molecule has 2 aromatic rings. The maximum atomic E-state index is 12.1. The lowest BCUT2D eigenvalue weighted by Crippen LogP contribution is -2.15. The van der Waals surface area contributed by atoms with Crippen molar-refractivity contribution < 1.29 is 19.4 Å². The summed E-state index contributed by atoms with van der Waals surface area (Å²) >= 11 is 0. The Kier molecular flexibility index (Phi) is 5.57. The molecule has 0 bridgehead atoms. The van der Waals surface area contributed by atoms with Crippen LogP contribution >= 0.6 is 0 Å². The zero-order valence-corrected chi connectivity index (χ0v) is 13.3. The molecular weight excluding hydrogens is 294 g/mol. The molecule has 0 heterocycles. The minimum absolute atomic E-state index is 0.0243. The van der Waals surface area contributed by atoms with E-state index in [1.54, 1.807) is 12.1 Å². The number of carbonyl (C=O) groups is 2. The minimum atomic E-state index is -1.03. The van der Waals surface area contributed by atoms with E-state index in [-0.39, 0.29) is 5.91 Å². The van der Waals surface area contributed by atoms with Crippen LogP contribution in [0.1, 0.15) is 26.7 Å². The molecule has 0 aliphatic carbocycles. The van der Waals surface area contributed by atoms with Crippen molar-refractivity contribution in [3.05, 3.63) is 36.4 Å². The lowest BCUT2D eigenvalue weighted by molar-refractivity contribution is -0.139. The Morgan fingerprint density at radius 1 is 1.17 bits per heavy atom. The largest absolute Gasteiger partial charge is 0.481 e. The number of aliphatic carboxylic acids is 1. The van der Waals surface area contributed by atoms with Gasteiger partial charge in [0, 0.05) is 22.9 Å². The fraction of sp³-hybridized carbons (Fsp3) is 0.333. The second-order valence-corrected chi connectivity index (χ2v) is 5.60. The zero-order chi connectivity index (χ0) is 16.8. The van der Waals surface area contributed by atoms with Gasteiger partial charge in [0.05, 0.1) is 0 Å². The van der Waals surface area contributed by atoms with Gasteiger partial charge >= 0.3 is 5.97 Å². The lowest BCUT2D eigenvalue weighted by Gasteiger charge is -2.14. The van der Waals surface area contributed by atoms with Crippen molar-refractivity contribution in [3.63, 3.8) is 0 Å². The average molecular weight is 315 g/mol. The highest BCUT2D eigenvalue weighted by Gasteiger charge is 2.12. The van der Waals surface area contributed by atoms with Gasteiger partial charge in [0.2, 0.25) is 5.91 Å². The molecule has 5 heteroatoms. The van der Waals surface area contributed by atoms with E-state index in [4.69, 9.17) is 9.84 Å². The van der Waals surface area contributed by atoms with E-state index in [0.717, 1.165) is 17.2 Å². The molecule has 0 saturated heterocycles. The van der Waals surface area contributed by atoms with Crippen molar-refractivity contribution in [2.75, 3.05) is 11.9 Å². The molecule has 0 spiro atoms. The van der Waals surface area contributed by atoms with E-state index in [0.29, 0.717) is 23.8 Å². The SMILES string of the molecule is CCC(C)CC(=O)Nc1ccc(OCC(=O)O)c2ccccc12. The second-order valence-electron chi connectivity index (χ2n) is 5.60. The molecule has 5 nitrogen and oxygen atoms in total. The van der Waals surface area contributed by atoms with Crippen LogP contribution in [0.3, 0.4) is 0 Å². The van der Waals surface area contributed by atoms with Crippen LogP contribution in [0.25, 0.3) is 10.8 Å². The first-order chi connectivity index (χ1) is 11.0. The van der Waals surface area contributed by atoms with Crippen molar-refractivity contribution in [1.82, 2.24) is 0 Å². The zero-order valence-electron chi connectivity index (χ0n) is 13.3. The molecule has 2 aromatic carbocycles. The summed E-state index contributed by atoms with van der Waals surface area (Å²) in [6.45, 7) is 3.70. The third-order valence-electron chi connectivity index (χ3n) is 3.74. The van der Waals surface area contributed by atoms with Crippen molar-refractivity contribution >= 4 is 28.3 Å². The Bertz CT molecular complexity index is 711. The molecule has 0 aromatic heterocycles. The van der Waals surface area contributed by atoms with Gasteiger partial charge in [-0.3, -0.25) is 4.79 Å². The third kappa shape index (κ3) is 4.45. The van der Waals surface area contributed by atoms with Crippen LogP contribution in [0.5, 0.6) is 5.75 Å². The van der Waals surface area contributed by atoms with Crippen LogP contribution in [0, 0.1) is 5.92 Å². The monoisotopic (exact) mass is 315 g/mol. The highest BCUT2D eigenvalue weighted by molar-refractivity contribution is 6.04. The van der Waals surface area contributed by atoms with Gasteiger partial charge in [0.1, 0.15) is 5.75 Å². The van der Waals surface area contributed by atoms with Crippen molar-refractivity contribution in [1.29, 1.82) is 0 Å². The maximum Gasteiger partial charge on any atom is 0.341 e. The van der Waals surface area contributed by atoms with E-state index in [9.17, 15) is 9.59 Å². The first-order valence-corrected chi connectivity index (χ1v) is 7.67. The van der Waals surface area contributed by atoms with Crippen LogP contribution in [0.15, 0.2) is 36.4 Å². The number of hydrogen-bond donors (Lipinski definition) is 2. The number of carbonyl (C=O) groups excluding carboxylic acids is 1. The Morgan fingerprint density at radius 3 is 2.52 bits per heavy atom. The molecule has 0 aliphatic rings. The van der Waals surface area contributed by atoms with Gasteiger partial charge in [0.25, 0.3) is 0 Å². The van der Waals surface area contributed by atoms with Crippen molar-refractivity contribution in [3.8, 4) is 5.75 Å². The quantitative estimate of drug-likeness (QED) is 0.817. The predicted molar refractivity (Wildman–Crippen MR) is 89.8 cm³/mol. The molecular formula is C18H21NO4. The molecule has 0 fully saturated rings. The van der Waals surface area contributed by atoms with E-state index < -0.39 is 12.6 Å². The molecule has 1 unspecified atom stereocenters. The predicted octanol–water partition coefficient (Wildman–Crippen LogP) is 3.68. The molecule has 0 aliphatic heterocycles. The first-order valence-electron chi connectivity index (χ1n) is 7.67. The van der Waals surface area contributed by atoms with Gasteiger partial charge < -0.3 is 15.2 Å². The van der Waals surface area contributed by atoms with Gasteiger partial charge in [0.15, 0.2) is 6.61 Å². The number of ether oxygens (including phenoxy) is 1. The van der Waals surface area contributed by atoms with E-state index in [2.05, 4.69) is 12.2 Å². The molecule has 23 heavy (non-hydrogen) atoms. The molecule has 1 atom stereocenters. The normalized spacial score (nSPS) is 11.9. The number of hydrogen-bond acceptors (Lipinski definition) is 3. The fourth-order valence-electron chi connectivity index (χ4n) is 2.31. The Labute approximate surface area is 135 Å². The van der Waals surface area contributed by atoms with Crippen LogP contribution in [-0.4, -0.2) is 23.6 Å². The summed E-state index contributed by atoms with van der Waals surface area (Å²) in [5.41, 5.74) is 0.705. The summed E-state index contributed by atoms with van der Waals surface area (Å²) < 4.78 is 5.31. The topological polar surface area (TPSA) is 75.6 Å². The number of rotatable bonds is 7. The average Bonchev–Trinajstić information content (AvgIpc) is 2.53. The molecule has 2 N–H and O–H groups in total. The molecule has 2 rings (SSSR count). The highest BCUT2D eigenvalue weighted by atomic mass is 16.5. The van der Waals surface area contributed by atoms with E-state index >= 15 is 0 Å². The van der Waals surface area contributed by atoms with Gasteiger partial charge in [-0.1, -0.05) is 44.5 Å². The highest BCUT2D eigenvalue weighted by Crippen LogP contribution is 2.31. The summed E-state index contributed by atoms with van der Waals surface area (Å²) in [6.07, 6.45) is 1.43. The van der Waals surface area contributed by atoms with Gasteiger partial charge in [-0.2, -0.15) is 0 Å². The summed E-state index contributed by atoms with van der Waals surface area (Å²) in [7, 11) is 0. The molecule has 0 saturated carbocycles. The van der Waals surface area contributed by atoms with Crippen LogP contribution < -0.4 is 10.1 Å². The lowest BCUT2D eigenvalue weighted by atomic mass is 10.0. The van der Waals surface area contributed by atoms with Gasteiger partial charge in [-0.15, -0.1) is 0 Å². The smallest absolute Gasteiger partial charge is 0.341 e. The van der Waals surface area contributed by atoms with Crippen molar-refractivity contribution in [2.24, 2.45) is 5.92 Å². The molecule has 122 valence electrons. The fourth-order valence-corrected chi connectivity index (χ4v) is 2.31. The summed E-state index contributed by atoms with van der Waals surface area (Å²) in [4.78, 5) is 22.8. The first kappa shape index (κ1) is 16.8. The summed E-state index contributed by atoms with van der Waals surface area (Å²) in [6, 6.07) is 10.9. The Hall–Kier alpha value is -2.56. The van der Waals surface area contributed by atoms with E-state index in [1.165, 1.54) is 0 Å². The number of carboxylic acids is 1. The van der Waals surface area contributed by atoms with E-state index in [1.807, 2.05) is 31.2 Å². The number of anilines is 1. The summed E-state index contributed by atoms with van der Waals surface area (Å²) in [5.74, 6) is -0.230. The van der Waals surface area contributed by atoms with Crippen molar-refractivity contribution in [2.45, 2.75) is 26.7 Å². The Balaban J connectivity index is 2.26. The second kappa shape index (κ2) is 7.63. The molecule has 0 radical (unpaired) electrons. The van der Waals surface area contributed by atoms with Crippen LogP contribution in [0.2, 0.25) is 0 Å². The standard InChI is InChI=1S/C18H21NO4/c1-3-12(2)10-17(20)19-15-8-9-16(23-11-18(21)22)14-7-5-4-6-13(14)15/h4-9,12H,3,10-11H2,1-2H3,(H,19,20)(H,21,22). The number of carboxylic acid groups (broad SMARTS) is 1. The minimum Gasteiger partial charge on any atom is -0.481 e. The van der Waals surface area contributed by atoms with Gasteiger partial charge in [-0.05, 0) is 18.1 Å². The Morgan fingerprint density at radius 2 is 1.87 bits per heavy atom. The van der Waals surface area contributed by atoms with Crippen LogP contribution in [0.4, 0.5) is 5.69 Å². The number of fused-ring (bicyclic) bond motifs is 1. The number of benzene rings is 2. The number of amides is 1. The maximum absolute atomic E-state index is 12.1. The summed E-state index contributed by atoms with van der Waals surface area (Å²) in [5, 5.41) is 13.3. The van der Waals surface area contributed by atoms with Gasteiger partial charge in [-0.25, -0.2) is 4.79 Å². The van der Waals surface area contributed by atoms with Crippen LogP contribution in [-0.2, 0) is 9.59 Å². The third-order valence-corrected chi connectivity index (χ3v) is 3.74.